The Morgan fingerprint density at radius 2 is 1.61 bits per heavy atom. The van der Waals surface area contributed by atoms with Gasteiger partial charge < -0.3 is 5.11 Å². The number of carbonyl (C=O) groups is 2. The van der Waals surface area contributed by atoms with E-state index in [2.05, 4.69) is 0 Å². The van der Waals surface area contributed by atoms with Gasteiger partial charge in [-0.3, -0.25) is 9.59 Å². The predicted octanol–water partition coefficient (Wildman–Crippen LogP) is 2.27. The first-order chi connectivity index (χ1) is 8.29. The van der Waals surface area contributed by atoms with E-state index in [1.807, 2.05) is 13.8 Å². The van der Waals surface area contributed by atoms with E-state index >= 15 is 0 Å². The second-order valence-electron chi connectivity index (χ2n) is 5.34. The Bertz CT molecular complexity index is 541. The standard InChI is InChI=1S/C15H18O3/c1-8-5-14(18)9(2)13-7-15(10(3)16,11(4)17)6-12(8)13/h5,18H,6-7H2,1-4H3. The Kier molecular flexibility index (Phi) is 2.80. The first-order valence-electron chi connectivity index (χ1n) is 6.12. The summed E-state index contributed by atoms with van der Waals surface area (Å²) >= 11 is 0. The lowest BCUT2D eigenvalue weighted by Gasteiger charge is -2.22. The molecule has 0 saturated heterocycles. The first-order valence-corrected chi connectivity index (χ1v) is 6.12. The number of hydrogen-bond acceptors (Lipinski definition) is 3. The third-order valence-electron chi connectivity index (χ3n) is 4.34. The molecule has 1 aromatic rings. The summed E-state index contributed by atoms with van der Waals surface area (Å²) in [4.78, 5) is 23.8. The molecule has 0 bridgehead atoms. The van der Waals surface area contributed by atoms with Gasteiger partial charge in [0.25, 0.3) is 0 Å². The number of rotatable bonds is 2. The highest BCUT2D eigenvalue weighted by molar-refractivity contribution is 6.06. The van der Waals surface area contributed by atoms with Crippen molar-refractivity contribution in [3.63, 3.8) is 0 Å². The monoisotopic (exact) mass is 246 g/mol. The van der Waals surface area contributed by atoms with Gasteiger partial charge in [0, 0.05) is 0 Å². The van der Waals surface area contributed by atoms with Crippen molar-refractivity contribution in [1.29, 1.82) is 0 Å². The highest BCUT2D eigenvalue weighted by Gasteiger charge is 2.46. The molecule has 0 unspecified atom stereocenters. The van der Waals surface area contributed by atoms with Crippen LogP contribution >= 0.6 is 0 Å². The Hall–Kier alpha value is -1.64. The molecule has 2 rings (SSSR count). The second kappa shape index (κ2) is 3.94. The van der Waals surface area contributed by atoms with Gasteiger partial charge in [-0.15, -0.1) is 0 Å². The Morgan fingerprint density at radius 3 is 2.11 bits per heavy atom. The van der Waals surface area contributed by atoms with Gasteiger partial charge in [-0.2, -0.15) is 0 Å². The number of phenolic OH excluding ortho intramolecular Hbond substituents is 1. The van der Waals surface area contributed by atoms with Gasteiger partial charge in [-0.25, -0.2) is 0 Å². The van der Waals surface area contributed by atoms with E-state index in [9.17, 15) is 14.7 Å². The molecule has 1 aliphatic carbocycles. The maximum absolute atomic E-state index is 11.9. The van der Waals surface area contributed by atoms with E-state index in [1.54, 1.807) is 6.07 Å². The highest BCUT2D eigenvalue weighted by Crippen LogP contribution is 2.43. The minimum Gasteiger partial charge on any atom is -0.508 e. The van der Waals surface area contributed by atoms with E-state index in [1.165, 1.54) is 13.8 Å². The molecule has 0 aliphatic heterocycles. The zero-order chi connectivity index (χ0) is 13.7. The fourth-order valence-corrected chi connectivity index (χ4v) is 2.92. The summed E-state index contributed by atoms with van der Waals surface area (Å²) in [6.45, 7) is 6.72. The molecule has 0 spiro atoms. The quantitative estimate of drug-likeness (QED) is 0.814. The molecule has 18 heavy (non-hydrogen) atoms. The fraction of sp³-hybridized carbons (Fsp3) is 0.467. The minimum atomic E-state index is -0.911. The molecule has 0 heterocycles. The van der Waals surface area contributed by atoms with Crippen LogP contribution in [0.2, 0.25) is 0 Å². The molecular weight excluding hydrogens is 228 g/mol. The predicted molar refractivity (Wildman–Crippen MR) is 68.8 cm³/mol. The largest absolute Gasteiger partial charge is 0.508 e. The zero-order valence-corrected chi connectivity index (χ0v) is 11.3. The number of fused-ring (bicyclic) bond motifs is 1. The van der Waals surface area contributed by atoms with Gasteiger partial charge in [-0.05, 0) is 68.9 Å². The molecule has 1 aromatic carbocycles. The summed E-state index contributed by atoms with van der Waals surface area (Å²) < 4.78 is 0. The summed E-state index contributed by atoms with van der Waals surface area (Å²) in [6, 6.07) is 1.71. The number of hydrogen-bond donors (Lipinski definition) is 1. The van der Waals surface area contributed by atoms with Crippen LogP contribution in [0.4, 0.5) is 0 Å². The average molecular weight is 246 g/mol. The highest BCUT2D eigenvalue weighted by atomic mass is 16.3. The Labute approximate surface area is 107 Å². The van der Waals surface area contributed by atoms with Crippen molar-refractivity contribution < 1.29 is 14.7 Å². The van der Waals surface area contributed by atoms with E-state index in [0.29, 0.717) is 12.8 Å². The van der Waals surface area contributed by atoms with Crippen LogP contribution in [0, 0.1) is 19.3 Å². The maximum atomic E-state index is 11.9. The molecule has 0 aromatic heterocycles. The van der Waals surface area contributed by atoms with Crippen LogP contribution in [0.5, 0.6) is 5.75 Å². The SMILES string of the molecule is CC(=O)C1(C(C)=O)Cc2c(C)cc(O)c(C)c2C1. The smallest absolute Gasteiger partial charge is 0.144 e. The Morgan fingerprint density at radius 1 is 1.11 bits per heavy atom. The van der Waals surface area contributed by atoms with Crippen LogP contribution in [-0.4, -0.2) is 16.7 Å². The number of aromatic hydroxyl groups is 1. The topological polar surface area (TPSA) is 54.4 Å². The van der Waals surface area contributed by atoms with E-state index in [4.69, 9.17) is 0 Å². The van der Waals surface area contributed by atoms with E-state index in [0.717, 1.165) is 22.3 Å². The van der Waals surface area contributed by atoms with Gasteiger partial charge in [0.15, 0.2) is 0 Å². The molecule has 0 atom stereocenters. The number of benzene rings is 1. The summed E-state index contributed by atoms with van der Waals surface area (Å²) in [6.07, 6.45) is 0.897. The van der Waals surface area contributed by atoms with Gasteiger partial charge in [0.05, 0.1) is 5.41 Å². The Balaban J connectivity index is 2.62. The molecule has 0 fully saturated rings. The van der Waals surface area contributed by atoms with Crippen molar-refractivity contribution in [2.24, 2.45) is 5.41 Å². The lowest BCUT2D eigenvalue weighted by atomic mass is 9.77. The number of ketones is 2. The zero-order valence-electron chi connectivity index (χ0n) is 11.3. The minimum absolute atomic E-state index is 0.0792. The lowest BCUT2D eigenvalue weighted by molar-refractivity contribution is -0.137. The number of Topliss-reactive ketones (excluding diaryl/α,β-unsaturated/α-hetero) is 2. The van der Waals surface area contributed by atoms with Crippen molar-refractivity contribution in [2.75, 3.05) is 0 Å². The molecule has 0 saturated carbocycles. The normalized spacial score (nSPS) is 16.4. The number of aryl methyl sites for hydroxylation is 1. The van der Waals surface area contributed by atoms with Crippen LogP contribution in [0.3, 0.4) is 0 Å². The molecule has 0 amide bonds. The first kappa shape index (κ1) is 12.8. The second-order valence-corrected chi connectivity index (χ2v) is 5.34. The van der Waals surface area contributed by atoms with Crippen molar-refractivity contribution in [1.82, 2.24) is 0 Å². The van der Waals surface area contributed by atoms with Crippen molar-refractivity contribution >= 4 is 11.6 Å². The molecule has 0 radical (unpaired) electrons. The van der Waals surface area contributed by atoms with Crippen LogP contribution < -0.4 is 0 Å². The maximum Gasteiger partial charge on any atom is 0.144 e. The van der Waals surface area contributed by atoms with Crippen molar-refractivity contribution in [2.45, 2.75) is 40.5 Å². The molecule has 3 nitrogen and oxygen atoms in total. The number of carbonyl (C=O) groups excluding carboxylic acids is 2. The average Bonchev–Trinajstić information content (AvgIpc) is 2.68. The van der Waals surface area contributed by atoms with Crippen LogP contribution in [0.1, 0.15) is 36.1 Å². The van der Waals surface area contributed by atoms with Gasteiger partial charge in [0.2, 0.25) is 0 Å². The third kappa shape index (κ3) is 1.57. The molecule has 1 aliphatic rings. The molecule has 1 N–H and O–H groups in total. The lowest BCUT2D eigenvalue weighted by Crippen LogP contribution is -2.37. The third-order valence-corrected chi connectivity index (χ3v) is 4.34. The van der Waals surface area contributed by atoms with Crippen LogP contribution in [0.15, 0.2) is 6.07 Å². The van der Waals surface area contributed by atoms with E-state index < -0.39 is 5.41 Å². The molecule has 96 valence electrons. The van der Waals surface area contributed by atoms with Gasteiger partial charge in [-0.1, -0.05) is 0 Å². The number of phenols is 1. The fourth-order valence-electron chi connectivity index (χ4n) is 2.92. The summed E-state index contributed by atoms with van der Waals surface area (Å²) in [7, 11) is 0. The molecule has 3 heteroatoms. The molecular formula is C15H18O3. The van der Waals surface area contributed by atoms with Crippen LogP contribution in [0.25, 0.3) is 0 Å². The van der Waals surface area contributed by atoms with Crippen molar-refractivity contribution in [3.8, 4) is 5.75 Å². The summed E-state index contributed by atoms with van der Waals surface area (Å²) in [5.41, 5.74) is 2.86. The van der Waals surface area contributed by atoms with Gasteiger partial charge in [0.1, 0.15) is 17.3 Å². The van der Waals surface area contributed by atoms with Crippen LogP contribution in [-0.2, 0) is 22.4 Å². The van der Waals surface area contributed by atoms with E-state index in [-0.39, 0.29) is 17.3 Å². The summed E-state index contributed by atoms with van der Waals surface area (Å²) in [5, 5.41) is 9.84. The van der Waals surface area contributed by atoms with Gasteiger partial charge >= 0.3 is 0 Å². The summed E-state index contributed by atoms with van der Waals surface area (Å²) in [5.74, 6) is 0.0862. The van der Waals surface area contributed by atoms with Crippen molar-refractivity contribution in [3.05, 3.63) is 28.3 Å².